The van der Waals surface area contributed by atoms with Gasteiger partial charge in [-0.1, -0.05) is 26.8 Å². The lowest BCUT2D eigenvalue weighted by atomic mass is 9.90. The molecule has 1 amide bonds. The summed E-state index contributed by atoms with van der Waals surface area (Å²) in [5, 5.41) is 5.93. The van der Waals surface area contributed by atoms with Gasteiger partial charge in [0.25, 0.3) is 0 Å². The predicted molar refractivity (Wildman–Crippen MR) is 69.1 cm³/mol. The summed E-state index contributed by atoms with van der Waals surface area (Å²) in [5.74, 6) is 0.728. The fourth-order valence-corrected chi connectivity index (χ4v) is 1.74. The van der Waals surface area contributed by atoms with E-state index in [9.17, 15) is 4.79 Å². The molecule has 0 rings (SSSR count). The summed E-state index contributed by atoms with van der Waals surface area (Å²) in [7, 11) is 1.71. The molecule has 2 N–H and O–H groups in total. The normalized spacial score (nSPS) is 12.3. The second-order valence-electron chi connectivity index (χ2n) is 4.67. The zero-order valence-corrected chi connectivity index (χ0v) is 11.1. The number of allylic oxidation sites excluding steroid dienone is 1. The molecular formula is C13H26N2O. The Balaban J connectivity index is 3.77. The third kappa shape index (κ3) is 6.49. The summed E-state index contributed by atoms with van der Waals surface area (Å²) in [5.41, 5.74) is 1.01. The number of hydrogen-bond donors (Lipinski definition) is 2. The van der Waals surface area contributed by atoms with Gasteiger partial charge in [0.2, 0.25) is 5.91 Å². The first-order valence-corrected chi connectivity index (χ1v) is 6.10. The quantitative estimate of drug-likeness (QED) is 0.624. The minimum Gasteiger partial charge on any atom is -0.389 e. The fraction of sp³-hybridized carbons (Fsp3) is 0.769. The van der Waals surface area contributed by atoms with Gasteiger partial charge in [0.15, 0.2) is 0 Å². The SMILES string of the molecule is C=C(C)NCCCC[C@@H](C(=O)NC)C(C)C. The van der Waals surface area contributed by atoms with Crippen molar-refractivity contribution in [1.29, 1.82) is 0 Å². The molecule has 0 radical (unpaired) electrons. The van der Waals surface area contributed by atoms with Gasteiger partial charge in [0, 0.05) is 25.2 Å². The van der Waals surface area contributed by atoms with Crippen LogP contribution in [0, 0.1) is 11.8 Å². The summed E-state index contributed by atoms with van der Waals surface area (Å²) in [6, 6.07) is 0. The predicted octanol–water partition coefficient (Wildman–Crippen LogP) is 2.30. The molecule has 1 atom stereocenters. The molecule has 0 aliphatic carbocycles. The molecule has 0 bridgehead atoms. The Hall–Kier alpha value is -0.990. The summed E-state index contributed by atoms with van der Waals surface area (Å²) in [4.78, 5) is 11.6. The smallest absolute Gasteiger partial charge is 0.223 e. The molecule has 0 aliphatic rings. The van der Waals surface area contributed by atoms with Gasteiger partial charge < -0.3 is 10.6 Å². The van der Waals surface area contributed by atoms with E-state index in [-0.39, 0.29) is 11.8 Å². The van der Waals surface area contributed by atoms with E-state index in [4.69, 9.17) is 0 Å². The Labute approximate surface area is 99.7 Å². The van der Waals surface area contributed by atoms with E-state index in [2.05, 4.69) is 31.1 Å². The van der Waals surface area contributed by atoms with Crippen LogP contribution in [0.25, 0.3) is 0 Å². The van der Waals surface area contributed by atoms with Crippen molar-refractivity contribution in [2.45, 2.75) is 40.0 Å². The highest BCUT2D eigenvalue weighted by atomic mass is 16.1. The monoisotopic (exact) mass is 226 g/mol. The lowest BCUT2D eigenvalue weighted by Crippen LogP contribution is -2.30. The second kappa shape index (κ2) is 8.20. The number of amides is 1. The number of hydrogen-bond acceptors (Lipinski definition) is 2. The first-order valence-electron chi connectivity index (χ1n) is 6.10. The number of carbonyl (C=O) groups excluding carboxylic acids is 1. The summed E-state index contributed by atoms with van der Waals surface area (Å²) in [6.45, 7) is 10.9. The van der Waals surface area contributed by atoms with Crippen molar-refractivity contribution >= 4 is 5.91 Å². The van der Waals surface area contributed by atoms with Crippen molar-refractivity contribution < 1.29 is 4.79 Å². The van der Waals surface area contributed by atoms with Gasteiger partial charge in [-0.25, -0.2) is 0 Å². The Morgan fingerprint density at radius 3 is 2.38 bits per heavy atom. The summed E-state index contributed by atoms with van der Waals surface area (Å²) < 4.78 is 0. The largest absolute Gasteiger partial charge is 0.389 e. The van der Waals surface area contributed by atoms with Crippen LogP contribution in [0.3, 0.4) is 0 Å². The van der Waals surface area contributed by atoms with E-state index in [0.29, 0.717) is 5.92 Å². The van der Waals surface area contributed by atoms with E-state index >= 15 is 0 Å². The highest BCUT2D eigenvalue weighted by molar-refractivity contribution is 5.78. The third-order valence-corrected chi connectivity index (χ3v) is 2.76. The molecule has 0 saturated carbocycles. The van der Waals surface area contributed by atoms with Crippen LogP contribution >= 0.6 is 0 Å². The van der Waals surface area contributed by atoms with Crippen LogP contribution < -0.4 is 10.6 Å². The Morgan fingerprint density at radius 1 is 1.31 bits per heavy atom. The van der Waals surface area contributed by atoms with Gasteiger partial charge >= 0.3 is 0 Å². The molecule has 0 fully saturated rings. The molecule has 0 aromatic heterocycles. The lowest BCUT2D eigenvalue weighted by molar-refractivity contribution is -0.126. The van der Waals surface area contributed by atoms with E-state index < -0.39 is 0 Å². The highest BCUT2D eigenvalue weighted by Gasteiger charge is 2.19. The summed E-state index contributed by atoms with van der Waals surface area (Å²) >= 11 is 0. The molecule has 3 nitrogen and oxygen atoms in total. The van der Waals surface area contributed by atoms with E-state index in [0.717, 1.165) is 31.5 Å². The molecule has 3 heteroatoms. The van der Waals surface area contributed by atoms with Crippen molar-refractivity contribution in [3.63, 3.8) is 0 Å². The first-order chi connectivity index (χ1) is 7.49. The van der Waals surface area contributed by atoms with Crippen LogP contribution in [-0.4, -0.2) is 19.5 Å². The molecule has 94 valence electrons. The van der Waals surface area contributed by atoms with Crippen LogP contribution in [0.4, 0.5) is 0 Å². The van der Waals surface area contributed by atoms with Crippen molar-refractivity contribution in [2.24, 2.45) is 11.8 Å². The lowest BCUT2D eigenvalue weighted by Gasteiger charge is -2.19. The third-order valence-electron chi connectivity index (χ3n) is 2.76. The van der Waals surface area contributed by atoms with Gasteiger partial charge in [-0.3, -0.25) is 4.79 Å². The van der Waals surface area contributed by atoms with E-state index in [1.54, 1.807) is 7.05 Å². The molecule has 16 heavy (non-hydrogen) atoms. The number of rotatable bonds is 8. The van der Waals surface area contributed by atoms with Crippen molar-refractivity contribution in [3.8, 4) is 0 Å². The number of carbonyl (C=O) groups is 1. The molecule has 0 aromatic rings. The zero-order chi connectivity index (χ0) is 12.6. The van der Waals surface area contributed by atoms with Crippen LogP contribution in [0.15, 0.2) is 12.3 Å². The fourth-order valence-electron chi connectivity index (χ4n) is 1.74. The molecular weight excluding hydrogens is 200 g/mol. The van der Waals surface area contributed by atoms with Crippen LogP contribution in [0.5, 0.6) is 0 Å². The molecule has 0 unspecified atom stereocenters. The standard InChI is InChI=1S/C13H26N2O/c1-10(2)12(13(16)14-5)8-6-7-9-15-11(3)4/h10,12,15H,3,6-9H2,1-2,4-5H3,(H,14,16)/t12-/m1/s1. The molecule has 0 aromatic carbocycles. The zero-order valence-electron chi connectivity index (χ0n) is 11.1. The van der Waals surface area contributed by atoms with Crippen molar-refractivity contribution in [3.05, 3.63) is 12.3 Å². The maximum Gasteiger partial charge on any atom is 0.223 e. The van der Waals surface area contributed by atoms with Crippen molar-refractivity contribution in [1.82, 2.24) is 10.6 Å². The summed E-state index contributed by atoms with van der Waals surface area (Å²) in [6.07, 6.45) is 3.14. The first kappa shape index (κ1) is 15.0. The van der Waals surface area contributed by atoms with Crippen LogP contribution in [0.2, 0.25) is 0 Å². The number of unbranched alkanes of at least 4 members (excludes halogenated alkanes) is 1. The van der Waals surface area contributed by atoms with Gasteiger partial charge in [0.05, 0.1) is 0 Å². The maximum absolute atomic E-state index is 11.6. The minimum atomic E-state index is 0.148. The number of nitrogens with one attached hydrogen (secondary N) is 2. The van der Waals surface area contributed by atoms with E-state index in [1.165, 1.54) is 0 Å². The average Bonchev–Trinajstić information content (AvgIpc) is 2.21. The molecule has 0 saturated heterocycles. The topological polar surface area (TPSA) is 41.1 Å². The van der Waals surface area contributed by atoms with Crippen molar-refractivity contribution in [2.75, 3.05) is 13.6 Å². The van der Waals surface area contributed by atoms with E-state index in [1.807, 2.05) is 6.92 Å². The molecule has 0 heterocycles. The Bertz CT molecular complexity index is 224. The second-order valence-corrected chi connectivity index (χ2v) is 4.67. The molecule has 0 spiro atoms. The highest BCUT2D eigenvalue weighted by Crippen LogP contribution is 2.18. The molecule has 0 aliphatic heterocycles. The minimum absolute atomic E-state index is 0.148. The van der Waals surface area contributed by atoms with Gasteiger partial charge in [-0.2, -0.15) is 0 Å². The Morgan fingerprint density at radius 2 is 1.94 bits per heavy atom. The Kier molecular flexibility index (Phi) is 7.69. The van der Waals surface area contributed by atoms with Crippen LogP contribution in [-0.2, 0) is 4.79 Å². The van der Waals surface area contributed by atoms with Crippen LogP contribution in [0.1, 0.15) is 40.0 Å². The van der Waals surface area contributed by atoms with Gasteiger partial charge in [-0.15, -0.1) is 0 Å². The van der Waals surface area contributed by atoms with Gasteiger partial charge in [-0.05, 0) is 25.7 Å². The maximum atomic E-state index is 11.6. The van der Waals surface area contributed by atoms with Gasteiger partial charge in [0.1, 0.15) is 0 Å². The average molecular weight is 226 g/mol.